The van der Waals surface area contributed by atoms with Gasteiger partial charge in [0.1, 0.15) is 0 Å². The van der Waals surface area contributed by atoms with E-state index in [9.17, 15) is 0 Å². The summed E-state index contributed by atoms with van der Waals surface area (Å²) in [6.45, 7) is 2.08. The van der Waals surface area contributed by atoms with Crippen LogP contribution in [0.2, 0.25) is 0 Å². The van der Waals surface area contributed by atoms with Crippen molar-refractivity contribution in [3.63, 3.8) is 0 Å². The third-order valence-electron chi connectivity index (χ3n) is 2.30. The highest BCUT2D eigenvalue weighted by Crippen LogP contribution is 2.16. The molecule has 0 aliphatic carbocycles. The van der Waals surface area contributed by atoms with Crippen LogP contribution in [-0.4, -0.2) is 17.3 Å². The highest BCUT2D eigenvalue weighted by Gasteiger charge is 1.94. The van der Waals surface area contributed by atoms with Crippen LogP contribution in [0.3, 0.4) is 0 Å². The van der Waals surface area contributed by atoms with Crippen molar-refractivity contribution in [2.45, 2.75) is 17.9 Å². The monoisotopic (exact) mass is 264 g/mol. The maximum absolute atomic E-state index is 4.01. The summed E-state index contributed by atoms with van der Waals surface area (Å²) in [4.78, 5) is 6.72. The predicted octanol–water partition coefficient (Wildman–Crippen LogP) is 3.42. The molecule has 0 unspecified atom stereocenters. The van der Waals surface area contributed by atoms with Crippen LogP contribution in [0.15, 0.2) is 46.9 Å². The van der Waals surface area contributed by atoms with Crippen molar-refractivity contribution >= 4 is 23.1 Å². The molecule has 0 aliphatic heterocycles. The minimum atomic E-state index is 0.998. The number of thiophene rings is 1. The highest BCUT2D eigenvalue weighted by atomic mass is 32.2. The third-order valence-corrected chi connectivity index (χ3v) is 4.27. The summed E-state index contributed by atoms with van der Waals surface area (Å²) in [6.07, 6.45) is 4.88. The van der Waals surface area contributed by atoms with Crippen LogP contribution in [0, 0.1) is 0 Å². The first kappa shape index (κ1) is 12.6. The zero-order valence-corrected chi connectivity index (χ0v) is 11.3. The van der Waals surface area contributed by atoms with Crippen molar-refractivity contribution < 1.29 is 0 Å². The van der Waals surface area contributed by atoms with E-state index in [0.29, 0.717) is 0 Å². The molecule has 0 aliphatic rings. The molecule has 2 nitrogen and oxygen atoms in total. The Balaban J connectivity index is 1.52. The van der Waals surface area contributed by atoms with Gasteiger partial charge in [-0.05, 0) is 42.3 Å². The first-order chi connectivity index (χ1) is 8.45. The van der Waals surface area contributed by atoms with Crippen molar-refractivity contribution in [3.05, 3.63) is 46.9 Å². The summed E-state index contributed by atoms with van der Waals surface area (Å²) >= 11 is 3.70. The predicted molar refractivity (Wildman–Crippen MR) is 75.6 cm³/mol. The molecule has 0 saturated carbocycles. The molecule has 2 aromatic heterocycles. The SMILES string of the molecule is c1csc(CNCCCSc2ccncc2)c1. The Morgan fingerprint density at radius 1 is 1.24 bits per heavy atom. The van der Waals surface area contributed by atoms with E-state index >= 15 is 0 Å². The Labute approximate surface area is 110 Å². The molecule has 0 fully saturated rings. The molecule has 0 bridgehead atoms. The van der Waals surface area contributed by atoms with Gasteiger partial charge in [-0.1, -0.05) is 6.07 Å². The lowest BCUT2D eigenvalue weighted by Gasteiger charge is -2.03. The van der Waals surface area contributed by atoms with E-state index in [1.165, 1.54) is 16.2 Å². The van der Waals surface area contributed by atoms with Crippen LogP contribution >= 0.6 is 23.1 Å². The lowest BCUT2D eigenvalue weighted by atomic mass is 10.4. The van der Waals surface area contributed by atoms with Crippen molar-refractivity contribution in [2.24, 2.45) is 0 Å². The van der Waals surface area contributed by atoms with Crippen LogP contribution in [0.4, 0.5) is 0 Å². The highest BCUT2D eigenvalue weighted by molar-refractivity contribution is 7.99. The Hall–Kier alpha value is -0.840. The lowest BCUT2D eigenvalue weighted by Crippen LogP contribution is -2.14. The fourth-order valence-corrected chi connectivity index (χ4v) is 2.96. The molecule has 0 radical (unpaired) electrons. The third kappa shape index (κ3) is 4.89. The maximum atomic E-state index is 4.01. The molecule has 0 atom stereocenters. The van der Waals surface area contributed by atoms with Crippen LogP contribution in [0.1, 0.15) is 11.3 Å². The second-order valence-electron chi connectivity index (χ2n) is 3.64. The number of thioether (sulfide) groups is 1. The Morgan fingerprint density at radius 2 is 2.12 bits per heavy atom. The average Bonchev–Trinajstić information content (AvgIpc) is 2.88. The van der Waals surface area contributed by atoms with Gasteiger partial charge in [-0.15, -0.1) is 23.1 Å². The van der Waals surface area contributed by atoms with Gasteiger partial charge in [0.15, 0.2) is 0 Å². The molecule has 1 N–H and O–H groups in total. The zero-order chi connectivity index (χ0) is 11.8. The lowest BCUT2D eigenvalue weighted by molar-refractivity contribution is 0.685. The number of aromatic nitrogens is 1. The van der Waals surface area contributed by atoms with Gasteiger partial charge in [0.05, 0.1) is 0 Å². The van der Waals surface area contributed by atoms with Gasteiger partial charge in [0.25, 0.3) is 0 Å². The number of hydrogen-bond donors (Lipinski definition) is 1. The number of rotatable bonds is 7. The van der Waals surface area contributed by atoms with Crippen LogP contribution in [0.5, 0.6) is 0 Å². The Morgan fingerprint density at radius 3 is 2.88 bits per heavy atom. The largest absolute Gasteiger partial charge is 0.312 e. The molecule has 0 amide bonds. The van der Waals surface area contributed by atoms with Crippen molar-refractivity contribution in [1.29, 1.82) is 0 Å². The van der Waals surface area contributed by atoms with E-state index in [0.717, 1.165) is 18.8 Å². The Bertz CT molecular complexity index is 401. The van der Waals surface area contributed by atoms with Crippen molar-refractivity contribution in [3.8, 4) is 0 Å². The molecule has 2 heterocycles. The summed E-state index contributed by atoms with van der Waals surface area (Å²) in [6, 6.07) is 8.39. The summed E-state index contributed by atoms with van der Waals surface area (Å²) in [7, 11) is 0. The summed E-state index contributed by atoms with van der Waals surface area (Å²) in [5.74, 6) is 1.15. The molecule has 0 aromatic carbocycles. The second-order valence-corrected chi connectivity index (χ2v) is 5.84. The van der Waals surface area contributed by atoms with E-state index in [-0.39, 0.29) is 0 Å². The Kier molecular flexibility index (Phi) is 5.55. The smallest absolute Gasteiger partial charge is 0.0299 e. The van der Waals surface area contributed by atoms with E-state index < -0.39 is 0 Å². The molecular formula is C13H16N2S2. The minimum absolute atomic E-state index is 0.998. The van der Waals surface area contributed by atoms with Gasteiger partial charge in [-0.3, -0.25) is 4.98 Å². The normalized spacial score (nSPS) is 10.6. The summed E-state index contributed by atoms with van der Waals surface area (Å²) < 4.78 is 0. The zero-order valence-electron chi connectivity index (χ0n) is 9.63. The fraction of sp³-hybridized carbons (Fsp3) is 0.308. The molecule has 90 valence electrons. The van der Waals surface area contributed by atoms with E-state index in [1.54, 1.807) is 0 Å². The fourth-order valence-electron chi connectivity index (χ4n) is 1.45. The molecule has 0 spiro atoms. The van der Waals surface area contributed by atoms with Gasteiger partial charge in [0, 0.05) is 28.7 Å². The van der Waals surface area contributed by atoms with Crippen molar-refractivity contribution in [1.82, 2.24) is 10.3 Å². The van der Waals surface area contributed by atoms with Gasteiger partial charge in [-0.2, -0.15) is 0 Å². The molecule has 2 rings (SSSR count). The number of nitrogens with zero attached hydrogens (tertiary/aromatic N) is 1. The van der Waals surface area contributed by atoms with E-state index in [4.69, 9.17) is 0 Å². The summed E-state index contributed by atoms with van der Waals surface area (Å²) in [5, 5.41) is 5.58. The van der Waals surface area contributed by atoms with Gasteiger partial charge in [-0.25, -0.2) is 0 Å². The van der Waals surface area contributed by atoms with Crippen LogP contribution in [-0.2, 0) is 6.54 Å². The minimum Gasteiger partial charge on any atom is -0.312 e. The van der Waals surface area contributed by atoms with Crippen molar-refractivity contribution in [2.75, 3.05) is 12.3 Å². The van der Waals surface area contributed by atoms with E-state index in [1.807, 2.05) is 35.5 Å². The quantitative estimate of drug-likeness (QED) is 0.613. The number of pyridine rings is 1. The maximum Gasteiger partial charge on any atom is 0.0299 e. The van der Waals surface area contributed by atoms with Crippen LogP contribution in [0.25, 0.3) is 0 Å². The molecule has 2 aromatic rings. The number of nitrogens with one attached hydrogen (secondary N) is 1. The molecule has 17 heavy (non-hydrogen) atoms. The second kappa shape index (κ2) is 7.48. The summed E-state index contributed by atoms with van der Waals surface area (Å²) in [5.41, 5.74) is 0. The van der Waals surface area contributed by atoms with E-state index in [2.05, 4.69) is 39.9 Å². The molecule has 4 heteroatoms. The molecule has 0 saturated heterocycles. The average molecular weight is 264 g/mol. The number of hydrogen-bond acceptors (Lipinski definition) is 4. The topological polar surface area (TPSA) is 24.9 Å². The standard InChI is InChI=1S/C13H16N2S2/c1-3-13(17-9-1)11-15-6-2-10-16-12-4-7-14-8-5-12/h1,3-5,7-9,15H,2,6,10-11H2. The van der Waals surface area contributed by atoms with Crippen LogP contribution < -0.4 is 5.32 Å². The van der Waals surface area contributed by atoms with Gasteiger partial charge >= 0.3 is 0 Å². The first-order valence-electron chi connectivity index (χ1n) is 5.71. The first-order valence-corrected chi connectivity index (χ1v) is 7.57. The van der Waals surface area contributed by atoms with Gasteiger partial charge < -0.3 is 5.32 Å². The molecular weight excluding hydrogens is 248 g/mol. The van der Waals surface area contributed by atoms with Gasteiger partial charge in [0.2, 0.25) is 0 Å².